The van der Waals surface area contributed by atoms with Crippen molar-refractivity contribution in [2.75, 3.05) is 0 Å². The summed E-state index contributed by atoms with van der Waals surface area (Å²) in [5.41, 5.74) is 4.49. The minimum Gasteiger partial charge on any atom is -0.480 e. The van der Waals surface area contributed by atoms with Crippen LogP contribution in [0.25, 0.3) is 11.3 Å². The van der Waals surface area contributed by atoms with E-state index in [0.29, 0.717) is 0 Å². The van der Waals surface area contributed by atoms with E-state index in [1.165, 1.54) is 22.2 Å². The fourth-order valence-corrected chi connectivity index (χ4v) is 2.57. The summed E-state index contributed by atoms with van der Waals surface area (Å²) < 4.78 is 1.46. The lowest BCUT2D eigenvalue weighted by Gasteiger charge is -2.11. The fourth-order valence-electron chi connectivity index (χ4n) is 2.57. The number of fused-ring (bicyclic) bond motifs is 1. The van der Waals surface area contributed by atoms with Gasteiger partial charge in [-0.3, -0.25) is 0 Å². The molecule has 0 fully saturated rings. The van der Waals surface area contributed by atoms with Crippen LogP contribution in [0.3, 0.4) is 0 Å². The zero-order chi connectivity index (χ0) is 13.4. The van der Waals surface area contributed by atoms with Gasteiger partial charge in [-0.25, -0.2) is 9.48 Å². The van der Waals surface area contributed by atoms with Gasteiger partial charge >= 0.3 is 5.97 Å². The molecule has 19 heavy (non-hydrogen) atoms. The van der Waals surface area contributed by atoms with Gasteiger partial charge in [-0.05, 0) is 43.4 Å². The van der Waals surface area contributed by atoms with Gasteiger partial charge < -0.3 is 5.11 Å². The highest BCUT2D eigenvalue weighted by atomic mass is 16.4. The topological polar surface area (TPSA) is 68.0 Å². The number of aryl methyl sites for hydroxylation is 2. The van der Waals surface area contributed by atoms with Crippen molar-refractivity contribution < 1.29 is 9.90 Å². The minimum absolute atomic E-state index is 0.717. The Morgan fingerprint density at radius 2 is 2.16 bits per heavy atom. The molecule has 0 saturated carbocycles. The summed E-state index contributed by atoms with van der Waals surface area (Å²) in [7, 11) is 0. The molecule has 1 heterocycles. The lowest BCUT2D eigenvalue weighted by atomic mass is 10.0. The molecule has 3 rings (SSSR count). The molecule has 0 aliphatic heterocycles. The molecule has 1 aliphatic rings. The predicted molar refractivity (Wildman–Crippen MR) is 69.8 cm³/mol. The van der Waals surface area contributed by atoms with Crippen LogP contribution in [0.1, 0.15) is 30.5 Å². The van der Waals surface area contributed by atoms with Gasteiger partial charge in [-0.2, -0.15) is 0 Å². The minimum atomic E-state index is -0.909. The normalized spacial score (nSPS) is 15.2. The molecule has 1 aromatic carbocycles. The number of hydrogen-bond donors (Lipinski definition) is 1. The van der Waals surface area contributed by atoms with Crippen molar-refractivity contribution in [1.29, 1.82) is 0 Å². The van der Waals surface area contributed by atoms with Crippen LogP contribution in [0.5, 0.6) is 0 Å². The second-order valence-corrected chi connectivity index (χ2v) is 4.92. The Bertz CT molecular complexity index is 633. The van der Waals surface area contributed by atoms with Crippen LogP contribution in [0.4, 0.5) is 0 Å². The number of carbonyl (C=O) groups is 1. The van der Waals surface area contributed by atoms with E-state index in [2.05, 4.69) is 22.4 Å². The van der Waals surface area contributed by atoms with Crippen LogP contribution in [0.2, 0.25) is 0 Å². The standard InChI is InChI=1S/C14H15N3O2/c1-9(14(18)19)17-13(8-15-16-17)12-6-5-10-3-2-4-11(10)7-12/h5-9H,2-4H2,1H3,(H,18,19). The summed E-state index contributed by atoms with van der Waals surface area (Å²) in [6.45, 7) is 1.61. The van der Waals surface area contributed by atoms with Crippen molar-refractivity contribution in [3.8, 4) is 11.3 Å². The molecule has 1 aromatic heterocycles. The van der Waals surface area contributed by atoms with E-state index in [1.807, 2.05) is 6.07 Å². The molecule has 0 spiro atoms. The van der Waals surface area contributed by atoms with Gasteiger partial charge in [0.15, 0.2) is 0 Å². The molecule has 0 bridgehead atoms. The number of aliphatic carboxylic acids is 1. The maximum atomic E-state index is 11.1. The average molecular weight is 257 g/mol. The van der Waals surface area contributed by atoms with E-state index in [4.69, 9.17) is 5.11 Å². The second-order valence-electron chi connectivity index (χ2n) is 4.92. The first-order valence-corrected chi connectivity index (χ1v) is 6.42. The largest absolute Gasteiger partial charge is 0.480 e. The van der Waals surface area contributed by atoms with Crippen molar-refractivity contribution in [1.82, 2.24) is 15.0 Å². The Hall–Kier alpha value is -2.17. The molecule has 1 N–H and O–H groups in total. The maximum absolute atomic E-state index is 11.1. The van der Waals surface area contributed by atoms with Gasteiger partial charge in [0.1, 0.15) is 6.04 Å². The zero-order valence-electron chi connectivity index (χ0n) is 10.7. The molecule has 0 radical (unpaired) electrons. The molecule has 2 aromatic rings. The third-order valence-electron chi connectivity index (χ3n) is 3.69. The van der Waals surface area contributed by atoms with Gasteiger partial charge in [0.25, 0.3) is 0 Å². The van der Waals surface area contributed by atoms with Crippen molar-refractivity contribution in [3.63, 3.8) is 0 Å². The summed E-state index contributed by atoms with van der Waals surface area (Å²) in [5, 5.41) is 16.8. The van der Waals surface area contributed by atoms with Crippen LogP contribution in [-0.4, -0.2) is 26.1 Å². The monoisotopic (exact) mass is 257 g/mol. The summed E-state index contributed by atoms with van der Waals surface area (Å²) >= 11 is 0. The predicted octanol–water partition coefficient (Wildman–Crippen LogP) is 2.08. The number of carboxylic acid groups (broad SMARTS) is 1. The lowest BCUT2D eigenvalue weighted by molar-refractivity contribution is -0.140. The van der Waals surface area contributed by atoms with Crippen LogP contribution in [0, 0.1) is 0 Å². The Morgan fingerprint density at radius 3 is 2.95 bits per heavy atom. The molecule has 98 valence electrons. The van der Waals surface area contributed by atoms with Gasteiger partial charge in [0.2, 0.25) is 0 Å². The highest BCUT2D eigenvalue weighted by molar-refractivity contribution is 5.73. The molecule has 0 saturated heterocycles. The van der Waals surface area contributed by atoms with Gasteiger partial charge in [-0.15, -0.1) is 5.10 Å². The second kappa shape index (κ2) is 4.50. The van der Waals surface area contributed by atoms with E-state index in [-0.39, 0.29) is 0 Å². The van der Waals surface area contributed by atoms with E-state index in [9.17, 15) is 4.79 Å². The number of nitrogens with zero attached hydrogens (tertiary/aromatic N) is 3. The van der Waals surface area contributed by atoms with E-state index < -0.39 is 12.0 Å². The van der Waals surface area contributed by atoms with Crippen molar-refractivity contribution in [3.05, 3.63) is 35.5 Å². The van der Waals surface area contributed by atoms with Gasteiger partial charge in [0.05, 0.1) is 11.9 Å². The number of aromatic nitrogens is 3. The molecule has 0 amide bonds. The SMILES string of the molecule is CC(C(=O)O)n1nncc1-c1ccc2c(c1)CCC2. The van der Waals surface area contributed by atoms with E-state index in [1.54, 1.807) is 13.1 Å². The summed E-state index contributed by atoms with van der Waals surface area (Å²) in [6, 6.07) is 5.56. The van der Waals surface area contributed by atoms with Crippen molar-refractivity contribution in [2.45, 2.75) is 32.2 Å². The van der Waals surface area contributed by atoms with E-state index >= 15 is 0 Å². The van der Waals surface area contributed by atoms with E-state index in [0.717, 1.165) is 24.1 Å². The van der Waals surface area contributed by atoms with Crippen LogP contribution >= 0.6 is 0 Å². The van der Waals surface area contributed by atoms with Crippen LogP contribution in [-0.2, 0) is 17.6 Å². The smallest absolute Gasteiger partial charge is 0.328 e. The first kappa shape index (κ1) is 11.9. The quantitative estimate of drug-likeness (QED) is 0.914. The average Bonchev–Trinajstić information content (AvgIpc) is 3.05. The molecule has 1 unspecified atom stereocenters. The van der Waals surface area contributed by atoms with Crippen molar-refractivity contribution >= 4 is 5.97 Å². The third kappa shape index (κ3) is 2.01. The highest BCUT2D eigenvalue weighted by Gasteiger charge is 2.20. The molecule has 1 atom stereocenters. The molecule has 1 aliphatic carbocycles. The van der Waals surface area contributed by atoms with Crippen LogP contribution in [0.15, 0.2) is 24.4 Å². The van der Waals surface area contributed by atoms with Gasteiger partial charge in [-0.1, -0.05) is 17.3 Å². The molecule has 5 nitrogen and oxygen atoms in total. The van der Waals surface area contributed by atoms with Crippen LogP contribution < -0.4 is 0 Å². The summed E-state index contributed by atoms with van der Waals surface area (Å²) in [4.78, 5) is 11.1. The lowest BCUT2D eigenvalue weighted by Crippen LogP contribution is -2.17. The maximum Gasteiger partial charge on any atom is 0.328 e. The first-order chi connectivity index (χ1) is 9.16. The molecule has 5 heteroatoms. The number of hydrogen-bond acceptors (Lipinski definition) is 3. The molecular weight excluding hydrogens is 242 g/mol. The number of rotatable bonds is 3. The fraction of sp³-hybridized carbons (Fsp3) is 0.357. The molecular formula is C14H15N3O2. The Balaban J connectivity index is 2.03. The van der Waals surface area contributed by atoms with Gasteiger partial charge in [0, 0.05) is 5.56 Å². The number of benzene rings is 1. The highest BCUT2D eigenvalue weighted by Crippen LogP contribution is 2.28. The Kier molecular flexibility index (Phi) is 2.81. The number of carboxylic acids is 1. The zero-order valence-corrected chi connectivity index (χ0v) is 10.7. The first-order valence-electron chi connectivity index (χ1n) is 6.42. The Labute approximate surface area is 110 Å². The summed E-state index contributed by atoms with van der Waals surface area (Å²) in [5.74, 6) is -0.909. The Morgan fingerprint density at radius 1 is 1.37 bits per heavy atom. The third-order valence-corrected chi connectivity index (χ3v) is 3.69. The van der Waals surface area contributed by atoms with Crippen molar-refractivity contribution in [2.24, 2.45) is 0 Å². The summed E-state index contributed by atoms with van der Waals surface area (Å²) in [6.07, 6.45) is 5.05.